The van der Waals surface area contributed by atoms with E-state index in [4.69, 9.17) is 0 Å². The van der Waals surface area contributed by atoms with Gasteiger partial charge in [0.25, 0.3) is 0 Å². The van der Waals surface area contributed by atoms with Crippen LogP contribution in [-0.2, 0) is 4.79 Å². The number of nitrogens with one attached hydrogen (secondary N) is 1. The SMILES string of the molecule is CCCC(CC)N1C(=O)C2(CCCC2)NC1C(C)C. The Kier molecular flexibility index (Phi) is 4.54. The van der Waals surface area contributed by atoms with E-state index in [1.807, 2.05) is 0 Å². The smallest absolute Gasteiger partial charge is 0.244 e. The lowest BCUT2D eigenvalue weighted by Gasteiger charge is -2.34. The summed E-state index contributed by atoms with van der Waals surface area (Å²) in [6.45, 7) is 8.88. The van der Waals surface area contributed by atoms with Crippen LogP contribution >= 0.6 is 0 Å². The fraction of sp³-hybridized carbons (Fsp3) is 0.938. The van der Waals surface area contributed by atoms with Crippen LogP contribution in [0, 0.1) is 5.92 Å². The predicted molar refractivity (Wildman–Crippen MR) is 78.8 cm³/mol. The van der Waals surface area contributed by atoms with E-state index in [0.717, 1.165) is 32.1 Å². The van der Waals surface area contributed by atoms with Gasteiger partial charge in [-0.15, -0.1) is 0 Å². The van der Waals surface area contributed by atoms with Crippen LogP contribution in [0.15, 0.2) is 0 Å². The van der Waals surface area contributed by atoms with Gasteiger partial charge in [-0.1, -0.05) is 47.0 Å². The van der Waals surface area contributed by atoms with Gasteiger partial charge in [0.15, 0.2) is 0 Å². The Morgan fingerprint density at radius 1 is 1.32 bits per heavy atom. The monoisotopic (exact) mass is 266 g/mol. The van der Waals surface area contributed by atoms with E-state index in [9.17, 15) is 4.79 Å². The van der Waals surface area contributed by atoms with E-state index in [0.29, 0.717) is 17.9 Å². The number of hydrogen-bond donors (Lipinski definition) is 1. The molecule has 2 atom stereocenters. The largest absolute Gasteiger partial charge is 0.322 e. The summed E-state index contributed by atoms with van der Waals surface area (Å²) >= 11 is 0. The minimum Gasteiger partial charge on any atom is -0.322 e. The van der Waals surface area contributed by atoms with Gasteiger partial charge in [-0.3, -0.25) is 10.1 Å². The fourth-order valence-electron chi connectivity index (χ4n) is 3.88. The zero-order chi connectivity index (χ0) is 14.0. The maximum absolute atomic E-state index is 13.0. The Morgan fingerprint density at radius 3 is 2.42 bits per heavy atom. The summed E-state index contributed by atoms with van der Waals surface area (Å²) in [5, 5.41) is 3.72. The van der Waals surface area contributed by atoms with Crippen molar-refractivity contribution in [2.45, 2.75) is 90.4 Å². The first-order valence-corrected chi connectivity index (χ1v) is 8.16. The fourth-order valence-corrected chi connectivity index (χ4v) is 3.88. The molecule has 1 saturated carbocycles. The molecule has 19 heavy (non-hydrogen) atoms. The average Bonchev–Trinajstić information content (AvgIpc) is 2.95. The van der Waals surface area contributed by atoms with Gasteiger partial charge in [0.1, 0.15) is 0 Å². The van der Waals surface area contributed by atoms with Crippen molar-refractivity contribution in [1.29, 1.82) is 0 Å². The van der Waals surface area contributed by atoms with Crippen molar-refractivity contribution in [3.05, 3.63) is 0 Å². The second kappa shape index (κ2) is 5.82. The summed E-state index contributed by atoms with van der Waals surface area (Å²) in [4.78, 5) is 15.2. The van der Waals surface area contributed by atoms with Crippen LogP contribution in [0.3, 0.4) is 0 Å². The maximum Gasteiger partial charge on any atom is 0.244 e. The Bertz CT molecular complexity index is 321. The molecule has 1 aliphatic heterocycles. The van der Waals surface area contributed by atoms with Crippen molar-refractivity contribution in [1.82, 2.24) is 10.2 Å². The van der Waals surface area contributed by atoms with Crippen molar-refractivity contribution in [2.75, 3.05) is 0 Å². The summed E-state index contributed by atoms with van der Waals surface area (Å²) in [7, 11) is 0. The van der Waals surface area contributed by atoms with Crippen LogP contribution in [0.4, 0.5) is 0 Å². The molecule has 0 aromatic rings. The van der Waals surface area contributed by atoms with Gasteiger partial charge >= 0.3 is 0 Å². The Balaban J connectivity index is 2.24. The minimum atomic E-state index is -0.212. The van der Waals surface area contributed by atoms with Crippen molar-refractivity contribution < 1.29 is 4.79 Å². The minimum absolute atomic E-state index is 0.212. The third-order valence-corrected chi connectivity index (χ3v) is 4.94. The summed E-state index contributed by atoms with van der Waals surface area (Å²) in [5.41, 5.74) is -0.212. The molecule has 1 N–H and O–H groups in total. The molecule has 3 heteroatoms. The topological polar surface area (TPSA) is 32.3 Å². The molecule has 3 nitrogen and oxygen atoms in total. The van der Waals surface area contributed by atoms with Crippen LogP contribution in [0.1, 0.15) is 72.6 Å². The molecular formula is C16H30N2O. The lowest BCUT2D eigenvalue weighted by atomic mass is 9.97. The Labute approximate surface area is 118 Å². The summed E-state index contributed by atoms with van der Waals surface area (Å²) in [6.07, 6.45) is 8.05. The molecule has 0 radical (unpaired) electrons. The molecule has 1 heterocycles. The van der Waals surface area contributed by atoms with Gasteiger partial charge in [-0.05, 0) is 31.6 Å². The van der Waals surface area contributed by atoms with E-state index in [1.54, 1.807) is 0 Å². The third kappa shape index (κ3) is 2.54. The highest BCUT2D eigenvalue weighted by atomic mass is 16.2. The van der Waals surface area contributed by atoms with E-state index in [2.05, 4.69) is 37.9 Å². The zero-order valence-electron chi connectivity index (χ0n) is 13.0. The van der Waals surface area contributed by atoms with Crippen molar-refractivity contribution in [3.63, 3.8) is 0 Å². The number of carbonyl (C=O) groups excluding carboxylic acids is 1. The highest BCUT2D eigenvalue weighted by Crippen LogP contribution is 2.39. The van der Waals surface area contributed by atoms with Gasteiger partial charge in [0.2, 0.25) is 5.91 Å². The number of hydrogen-bond acceptors (Lipinski definition) is 2. The molecule has 2 unspecified atom stereocenters. The molecule has 0 aromatic heterocycles. The lowest BCUT2D eigenvalue weighted by molar-refractivity contribution is -0.136. The van der Waals surface area contributed by atoms with Gasteiger partial charge in [0, 0.05) is 6.04 Å². The van der Waals surface area contributed by atoms with Crippen LogP contribution in [-0.4, -0.2) is 28.6 Å². The van der Waals surface area contributed by atoms with Crippen molar-refractivity contribution in [2.24, 2.45) is 5.92 Å². The van der Waals surface area contributed by atoms with Crippen LogP contribution in [0.25, 0.3) is 0 Å². The molecule has 0 aromatic carbocycles. The van der Waals surface area contributed by atoms with E-state index in [-0.39, 0.29) is 11.7 Å². The molecule has 2 aliphatic rings. The molecule has 0 bridgehead atoms. The van der Waals surface area contributed by atoms with E-state index in [1.165, 1.54) is 12.8 Å². The molecule has 1 amide bonds. The normalized spacial score (nSPS) is 27.7. The number of amides is 1. The highest BCUT2D eigenvalue weighted by molar-refractivity contribution is 5.89. The maximum atomic E-state index is 13.0. The first kappa shape index (κ1) is 14.8. The summed E-state index contributed by atoms with van der Waals surface area (Å²) in [5.74, 6) is 0.874. The zero-order valence-corrected chi connectivity index (χ0v) is 13.0. The molecule has 1 aliphatic carbocycles. The molecule has 110 valence electrons. The van der Waals surface area contributed by atoms with Crippen LogP contribution < -0.4 is 5.32 Å². The molecule has 2 fully saturated rings. The van der Waals surface area contributed by atoms with Crippen LogP contribution in [0.2, 0.25) is 0 Å². The molecule has 2 rings (SSSR count). The number of carbonyl (C=O) groups is 1. The molecular weight excluding hydrogens is 236 g/mol. The van der Waals surface area contributed by atoms with Gasteiger partial charge in [-0.25, -0.2) is 0 Å². The lowest BCUT2D eigenvalue weighted by Crippen LogP contribution is -2.47. The molecule has 1 spiro atoms. The quantitative estimate of drug-likeness (QED) is 0.828. The van der Waals surface area contributed by atoms with Crippen molar-refractivity contribution in [3.8, 4) is 0 Å². The summed E-state index contributed by atoms with van der Waals surface area (Å²) in [6, 6.07) is 0.414. The third-order valence-electron chi connectivity index (χ3n) is 4.94. The van der Waals surface area contributed by atoms with E-state index < -0.39 is 0 Å². The Hall–Kier alpha value is -0.570. The average molecular weight is 266 g/mol. The van der Waals surface area contributed by atoms with Crippen molar-refractivity contribution >= 4 is 5.91 Å². The predicted octanol–water partition coefficient (Wildman–Crippen LogP) is 3.29. The molecule has 1 saturated heterocycles. The Morgan fingerprint density at radius 2 is 1.95 bits per heavy atom. The second-order valence-electron chi connectivity index (χ2n) is 6.69. The first-order valence-electron chi connectivity index (χ1n) is 8.16. The highest BCUT2D eigenvalue weighted by Gasteiger charge is 2.54. The standard InChI is InChI=1S/C16H30N2O/c1-5-9-13(6-2)18-14(12(3)4)17-16(15(18)19)10-7-8-11-16/h12-14,17H,5-11H2,1-4H3. The van der Waals surface area contributed by atoms with Gasteiger partial charge < -0.3 is 4.90 Å². The van der Waals surface area contributed by atoms with Crippen LogP contribution in [0.5, 0.6) is 0 Å². The number of nitrogens with zero attached hydrogens (tertiary/aromatic N) is 1. The number of rotatable bonds is 5. The summed E-state index contributed by atoms with van der Waals surface area (Å²) < 4.78 is 0. The van der Waals surface area contributed by atoms with Gasteiger partial charge in [0.05, 0.1) is 11.7 Å². The van der Waals surface area contributed by atoms with Gasteiger partial charge in [-0.2, -0.15) is 0 Å². The van der Waals surface area contributed by atoms with E-state index >= 15 is 0 Å². The second-order valence-corrected chi connectivity index (χ2v) is 6.69. The first-order chi connectivity index (χ1) is 9.05.